The third-order valence-electron chi connectivity index (χ3n) is 2.44. The van der Waals surface area contributed by atoms with E-state index in [1.54, 1.807) is 0 Å². The third-order valence-corrected chi connectivity index (χ3v) is 2.44. The van der Waals surface area contributed by atoms with Crippen LogP contribution in [0.5, 0.6) is 0 Å². The number of hydrogen-bond acceptors (Lipinski definition) is 3. The number of likely N-dealkylation sites (N-methyl/N-ethyl adjacent to an activating group) is 2. The largest absolute Gasteiger partial charge is 0.315 e. The second-order valence-electron chi connectivity index (χ2n) is 3.95. The molecular formula is C9H21N3. The molecule has 1 saturated heterocycles. The molecule has 1 aliphatic rings. The summed E-state index contributed by atoms with van der Waals surface area (Å²) in [6.07, 6.45) is 1.28. The van der Waals surface area contributed by atoms with Gasteiger partial charge in [0.15, 0.2) is 0 Å². The first-order chi connectivity index (χ1) is 5.70. The van der Waals surface area contributed by atoms with Gasteiger partial charge in [-0.15, -0.1) is 0 Å². The Bertz CT molecular complexity index is 125. The highest BCUT2D eigenvalue weighted by Gasteiger charge is 2.17. The van der Waals surface area contributed by atoms with E-state index in [0.717, 1.165) is 13.1 Å². The molecule has 1 aliphatic heterocycles. The zero-order chi connectivity index (χ0) is 8.97. The van der Waals surface area contributed by atoms with Crippen LogP contribution in [0.15, 0.2) is 0 Å². The lowest BCUT2D eigenvalue weighted by molar-refractivity contribution is 0.207. The number of rotatable bonds is 2. The average molecular weight is 171 g/mol. The van der Waals surface area contributed by atoms with Crippen LogP contribution < -0.4 is 5.32 Å². The van der Waals surface area contributed by atoms with Crippen LogP contribution in [0.4, 0.5) is 0 Å². The maximum Gasteiger partial charge on any atom is 0.0344 e. The van der Waals surface area contributed by atoms with Gasteiger partial charge in [-0.05, 0) is 40.7 Å². The van der Waals surface area contributed by atoms with Gasteiger partial charge in [0.1, 0.15) is 0 Å². The lowest BCUT2D eigenvalue weighted by Gasteiger charge is -2.27. The highest BCUT2D eigenvalue weighted by molar-refractivity contribution is 4.76. The van der Waals surface area contributed by atoms with Crippen molar-refractivity contribution < 1.29 is 0 Å². The van der Waals surface area contributed by atoms with E-state index < -0.39 is 0 Å². The summed E-state index contributed by atoms with van der Waals surface area (Å²) in [5, 5.41) is 3.46. The first kappa shape index (κ1) is 9.96. The van der Waals surface area contributed by atoms with E-state index in [9.17, 15) is 0 Å². The van der Waals surface area contributed by atoms with Crippen molar-refractivity contribution in [3.63, 3.8) is 0 Å². The highest BCUT2D eigenvalue weighted by Crippen LogP contribution is 2.01. The van der Waals surface area contributed by atoms with Crippen molar-refractivity contribution in [3.8, 4) is 0 Å². The predicted octanol–water partition coefficient (Wildman–Crippen LogP) is -0.158. The minimum Gasteiger partial charge on any atom is -0.315 e. The zero-order valence-corrected chi connectivity index (χ0v) is 8.51. The maximum atomic E-state index is 3.46. The first-order valence-electron chi connectivity index (χ1n) is 4.76. The van der Waals surface area contributed by atoms with Gasteiger partial charge in [-0.1, -0.05) is 0 Å². The highest BCUT2D eigenvalue weighted by atomic mass is 15.2. The first-order valence-corrected chi connectivity index (χ1v) is 4.76. The van der Waals surface area contributed by atoms with E-state index in [1.165, 1.54) is 19.5 Å². The fraction of sp³-hybridized carbons (Fsp3) is 1.00. The van der Waals surface area contributed by atoms with Crippen LogP contribution in [-0.4, -0.2) is 63.2 Å². The fourth-order valence-electron chi connectivity index (χ4n) is 1.69. The Morgan fingerprint density at radius 3 is 2.92 bits per heavy atom. The number of hydrogen-bond donors (Lipinski definition) is 1. The Hall–Kier alpha value is -0.120. The summed E-state index contributed by atoms with van der Waals surface area (Å²) < 4.78 is 0. The van der Waals surface area contributed by atoms with E-state index in [4.69, 9.17) is 0 Å². The van der Waals surface area contributed by atoms with E-state index in [0.29, 0.717) is 6.04 Å². The van der Waals surface area contributed by atoms with Gasteiger partial charge in [-0.2, -0.15) is 0 Å². The van der Waals surface area contributed by atoms with Crippen molar-refractivity contribution in [3.05, 3.63) is 0 Å². The van der Waals surface area contributed by atoms with Gasteiger partial charge < -0.3 is 15.1 Å². The third kappa shape index (κ3) is 3.09. The lowest BCUT2D eigenvalue weighted by atomic mass is 10.2. The van der Waals surface area contributed by atoms with Crippen molar-refractivity contribution in [2.24, 2.45) is 0 Å². The molecule has 0 amide bonds. The molecule has 72 valence electrons. The molecule has 0 saturated carbocycles. The van der Waals surface area contributed by atoms with E-state index in [-0.39, 0.29) is 0 Å². The Morgan fingerprint density at radius 2 is 2.25 bits per heavy atom. The van der Waals surface area contributed by atoms with Crippen molar-refractivity contribution in [1.29, 1.82) is 0 Å². The Kier molecular flexibility index (Phi) is 3.98. The van der Waals surface area contributed by atoms with E-state index in [2.05, 4.69) is 36.3 Å². The van der Waals surface area contributed by atoms with Crippen LogP contribution in [0.3, 0.4) is 0 Å². The van der Waals surface area contributed by atoms with Crippen LogP contribution in [0.1, 0.15) is 6.42 Å². The number of nitrogens with one attached hydrogen (secondary N) is 1. The Labute approximate surface area is 75.7 Å². The molecule has 0 bridgehead atoms. The maximum absolute atomic E-state index is 3.46. The molecule has 1 unspecified atom stereocenters. The average Bonchev–Trinajstić information content (AvgIpc) is 2.16. The molecular weight excluding hydrogens is 150 g/mol. The summed E-state index contributed by atoms with van der Waals surface area (Å²) in [4.78, 5) is 4.72. The molecule has 3 nitrogen and oxygen atoms in total. The molecule has 0 radical (unpaired) electrons. The second-order valence-corrected chi connectivity index (χ2v) is 3.95. The quantitative estimate of drug-likeness (QED) is 0.623. The SMILES string of the molecule is CN(C)CC1CNCCCN1C. The van der Waals surface area contributed by atoms with Crippen molar-refractivity contribution in [2.75, 3.05) is 47.3 Å². The Morgan fingerprint density at radius 1 is 1.50 bits per heavy atom. The van der Waals surface area contributed by atoms with Crippen molar-refractivity contribution in [2.45, 2.75) is 12.5 Å². The van der Waals surface area contributed by atoms with Crippen molar-refractivity contribution in [1.82, 2.24) is 15.1 Å². The smallest absolute Gasteiger partial charge is 0.0344 e. The minimum absolute atomic E-state index is 0.683. The molecule has 0 aromatic carbocycles. The fourth-order valence-corrected chi connectivity index (χ4v) is 1.69. The van der Waals surface area contributed by atoms with Gasteiger partial charge in [0.05, 0.1) is 0 Å². The molecule has 0 aromatic heterocycles. The molecule has 0 aliphatic carbocycles. The van der Waals surface area contributed by atoms with E-state index in [1.807, 2.05) is 0 Å². The summed E-state index contributed by atoms with van der Waals surface area (Å²) in [7, 11) is 6.50. The molecule has 0 aromatic rings. The molecule has 0 spiro atoms. The van der Waals surface area contributed by atoms with Crippen LogP contribution in [0.2, 0.25) is 0 Å². The molecule has 1 N–H and O–H groups in total. The van der Waals surface area contributed by atoms with Crippen molar-refractivity contribution >= 4 is 0 Å². The summed E-state index contributed by atoms with van der Waals surface area (Å²) >= 11 is 0. The monoisotopic (exact) mass is 171 g/mol. The topological polar surface area (TPSA) is 18.5 Å². The Balaban J connectivity index is 2.36. The normalized spacial score (nSPS) is 27.5. The molecule has 1 fully saturated rings. The van der Waals surface area contributed by atoms with Crippen LogP contribution in [-0.2, 0) is 0 Å². The van der Waals surface area contributed by atoms with Gasteiger partial charge in [0, 0.05) is 19.1 Å². The lowest BCUT2D eigenvalue weighted by Crippen LogP contribution is -2.43. The van der Waals surface area contributed by atoms with Gasteiger partial charge in [-0.3, -0.25) is 0 Å². The van der Waals surface area contributed by atoms with Crippen LogP contribution in [0.25, 0.3) is 0 Å². The molecule has 1 atom stereocenters. The molecule has 1 rings (SSSR count). The predicted molar refractivity (Wildman–Crippen MR) is 52.5 cm³/mol. The zero-order valence-electron chi connectivity index (χ0n) is 8.51. The summed E-state index contributed by atoms with van der Waals surface area (Å²) in [5.74, 6) is 0. The molecule has 1 heterocycles. The summed E-state index contributed by atoms with van der Waals surface area (Å²) in [5.41, 5.74) is 0. The standard InChI is InChI=1S/C9H21N3/c1-11(2)8-9-7-10-5-4-6-12(9)3/h9-10H,4-8H2,1-3H3. The van der Waals surface area contributed by atoms with Gasteiger partial charge >= 0.3 is 0 Å². The van der Waals surface area contributed by atoms with Gasteiger partial charge in [0.2, 0.25) is 0 Å². The van der Waals surface area contributed by atoms with Crippen LogP contribution in [0, 0.1) is 0 Å². The summed E-state index contributed by atoms with van der Waals surface area (Å²) in [6, 6.07) is 0.683. The van der Waals surface area contributed by atoms with Gasteiger partial charge in [-0.25, -0.2) is 0 Å². The minimum atomic E-state index is 0.683. The van der Waals surface area contributed by atoms with Gasteiger partial charge in [0.25, 0.3) is 0 Å². The molecule has 12 heavy (non-hydrogen) atoms. The van der Waals surface area contributed by atoms with E-state index >= 15 is 0 Å². The summed E-state index contributed by atoms with van der Waals surface area (Å²) in [6.45, 7) is 4.69. The van der Waals surface area contributed by atoms with Crippen LogP contribution >= 0.6 is 0 Å². The second kappa shape index (κ2) is 4.80. The number of nitrogens with zero attached hydrogens (tertiary/aromatic N) is 2. The molecule has 3 heteroatoms.